The van der Waals surface area contributed by atoms with Crippen LogP contribution in [0.5, 0.6) is 0 Å². The molecule has 2 amide bonds. The molecule has 0 radical (unpaired) electrons. The summed E-state index contributed by atoms with van der Waals surface area (Å²) in [7, 11) is 0. The maximum Gasteiger partial charge on any atom is 0.313 e. The van der Waals surface area contributed by atoms with Gasteiger partial charge in [0.25, 0.3) is 0 Å². The van der Waals surface area contributed by atoms with Crippen LogP contribution in [0.2, 0.25) is 5.02 Å². The summed E-state index contributed by atoms with van der Waals surface area (Å²) in [5.74, 6) is -1.19. The van der Waals surface area contributed by atoms with Crippen LogP contribution in [0, 0.1) is 6.92 Å². The van der Waals surface area contributed by atoms with Gasteiger partial charge in [0.2, 0.25) is 0 Å². The van der Waals surface area contributed by atoms with Crippen LogP contribution in [-0.2, 0) is 9.59 Å². The molecule has 0 saturated heterocycles. The van der Waals surface area contributed by atoms with Crippen LogP contribution in [0.4, 0.5) is 5.69 Å². The fourth-order valence-electron chi connectivity index (χ4n) is 3.42. The summed E-state index contributed by atoms with van der Waals surface area (Å²) in [6.07, 6.45) is 13.1. The lowest BCUT2D eigenvalue weighted by atomic mass is 9.98. The number of rotatable bonds is 2. The van der Waals surface area contributed by atoms with Gasteiger partial charge in [-0.05, 0) is 37.5 Å². The third kappa shape index (κ3) is 7.36. The molecule has 2 rings (SSSR count). The first kappa shape index (κ1) is 20.8. The number of anilines is 1. The molecule has 1 aromatic carbocycles. The van der Waals surface area contributed by atoms with Crippen molar-refractivity contribution in [3.05, 3.63) is 28.8 Å². The van der Waals surface area contributed by atoms with E-state index >= 15 is 0 Å². The van der Waals surface area contributed by atoms with Crippen molar-refractivity contribution in [2.24, 2.45) is 0 Å². The van der Waals surface area contributed by atoms with Crippen molar-refractivity contribution in [3.8, 4) is 0 Å². The number of benzene rings is 1. The lowest BCUT2D eigenvalue weighted by Gasteiger charge is -2.19. The minimum Gasteiger partial charge on any atom is -0.345 e. The molecule has 0 atom stereocenters. The van der Waals surface area contributed by atoms with Gasteiger partial charge in [0.05, 0.1) is 0 Å². The second kappa shape index (κ2) is 11.2. The van der Waals surface area contributed by atoms with Gasteiger partial charge in [0.15, 0.2) is 0 Å². The standard InChI is InChI=1S/C21H31ClN2O2/c1-16-13-14-18(15-19(16)22)24-21(26)20(25)23-17-11-9-7-5-3-2-4-6-8-10-12-17/h13-15,17H,2-12H2,1H3,(H,23,25)(H,24,26). The minimum atomic E-state index is -0.629. The van der Waals surface area contributed by atoms with Crippen LogP contribution in [0.3, 0.4) is 0 Å². The molecule has 1 aliphatic carbocycles. The maximum absolute atomic E-state index is 12.3. The number of hydrogen-bond acceptors (Lipinski definition) is 2. The molecular formula is C21H31ClN2O2. The van der Waals surface area contributed by atoms with Crippen molar-refractivity contribution in [3.63, 3.8) is 0 Å². The molecule has 0 spiro atoms. The van der Waals surface area contributed by atoms with Crippen molar-refractivity contribution in [2.45, 2.75) is 83.6 Å². The summed E-state index contributed by atoms with van der Waals surface area (Å²) >= 11 is 6.07. The highest BCUT2D eigenvalue weighted by Gasteiger charge is 2.19. The number of carbonyl (C=O) groups is 2. The topological polar surface area (TPSA) is 58.2 Å². The van der Waals surface area contributed by atoms with Crippen molar-refractivity contribution in [1.82, 2.24) is 5.32 Å². The fourth-order valence-corrected chi connectivity index (χ4v) is 3.60. The average molecular weight is 379 g/mol. The van der Waals surface area contributed by atoms with Crippen molar-refractivity contribution < 1.29 is 9.59 Å². The lowest BCUT2D eigenvalue weighted by Crippen LogP contribution is -2.41. The zero-order chi connectivity index (χ0) is 18.8. The first-order valence-corrected chi connectivity index (χ1v) is 10.3. The van der Waals surface area contributed by atoms with Gasteiger partial charge in [-0.1, -0.05) is 75.5 Å². The second-order valence-electron chi connectivity index (χ2n) is 7.35. The van der Waals surface area contributed by atoms with E-state index in [0.29, 0.717) is 10.7 Å². The van der Waals surface area contributed by atoms with E-state index in [2.05, 4.69) is 10.6 Å². The summed E-state index contributed by atoms with van der Waals surface area (Å²) in [6, 6.07) is 5.33. The van der Waals surface area contributed by atoms with Crippen molar-refractivity contribution in [2.75, 3.05) is 5.32 Å². The third-order valence-electron chi connectivity index (χ3n) is 5.08. The van der Waals surface area contributed by atoms with E-state index < -0.39 is 11.8 Å². The van der Waals surface area contributed by atoms with Gasteiger partial charge in [-0.2, -0.15) is 0 Å². The number of hydrogen-bond donors (Lipinski definition) is 2. The molecule has 0 unspecified atom stereocenters. The largest absolute Gasteiger partial charge is 0.345 e. The molecule has 5 heteroatoms. The predicted molar refractivity (Wildman–Crippen MR) is 108 cm³/mol. The monoisotopic (exact) mass is 378 g/mol. The second-order valence-corrected chi connectivity index (χ2v) is 7.76. The third-order valence-corrected chi connectivity index (χ3v) is 5.48. The zero-order valence-electron chi connectivity index (χ0n) is 15.8. The summed E-state index contributed by atoms with van der Waals surface area (Å²) < 4.78 is 0. The molecule has 0 aromatic heterocycles. The van der Waals surface area contributed by atoms with Crippen LogP contribution in [-0.4, -0.2) is 17.9 Å². The van der Waals surface area contributed by atoms with E-state index in [-0.39, 0.29) is 6.04 Å². The molecule has 0 bridgehead atoms. The molecule has 1 aromatic rings. The Bertz CT molecular complexity index is 592. The number of amides is 2. The van der Waals surface area contributed by atoms with E-state index in [1.54, 1.807) is 12.1 Å². The molecule has 0 heterocycles. The van der Waals surface area contributed by atoms with Crippen LogP contribution < -0.4 is 10.6 Å². The predicted octanol–water partition coefficient (Wildman–Crippen LogP) is 5.38. The Morgan fingerprint density at radius 1 is 0.885 bits per heavy atom. The minimum absolute atomic E-state index is 0.0919. The maximum atomic E-state index is 12.3. The van der Waals surface area contributed by atoms with Crippen molar-refractivity contribution in [1.29, 1.82) is 0 Å². The SMILES string of the molecule is Cc1ccc(NC(=O)C(=O)NC2CCCCCCCCCCC2)cc1Cl. The number of nitrogens with one attached hydrogen (secondary N) is 2. The van der Waals surface area contributed by atoms with Gasteiger partial charge in [0.1, 0.15) is 0 Å². The van der Waals surface area contributed by atoms with Crippen LogP contribution in [0.1, 0.15) is 76.2 Å². The van der Waals surface area contributed by atoms with Crippen LogP contribution in [0.15, 0.2) is 18.2 Å². The van der Waals surface area contributed by atoms with Crippen LogP contribution >= 0.6 is 11.6 Å². The Balaban J connectivity index is 1.85. The van der Waals surface area contributed by atoms with E-state index in [9.17, 15) is 9.59 Å². The lowest BCUT2D eigenvalue weighted by molar-refractivity contribution is -0.136. The fraction of sp³-hybridized carbons (Fsp3) is 0.619. The number of aryl methyl sites for hydroxylation is 1. The van der Waals surface area contributed by atoms with Gasteiger partial charge in [-0.15, -0.1) is 0 Å². The van der Waals surface area contributed by atoms with Crippen LogP contribution in [0.25, 0.3) is 0 Å². The van der Waals surface area contributed by atoms with Gasteiger partial charge in [0, 0.05) is 16.8 Å². The Morgan fingerprint density at radius 3 is 1.96 bits per heavy atom. The Labute approximate surface area is 162 Å². The Hall–Kier alpha value is -1.55. The molecule has 4 nitrogen and oxygen atoms in total. The summed E-state index contributed by atoms with van der Waals surface area (Å²) in [5, 5.41) is 6.14. The first-order valence-electron chi connectivity index (χ1n) is 9.94. The summed E-state index contributed by atoms with van der Waals surface area (Å²) in [6.45, 7) is 1.89. The molecule has 2 N–H and O–H groups in total. The van der Waals surface area contributed by atoms with Gasteiger partial charge < -0.3 is 10.6 Å². The van der Waals surface area contributed by atoms with E-state index in [4.69, 9.17) is 11.6 Å². The Kier molecular flexibility index (Phi) is 8.96. The van der Waals surface area contributed by atoms with Gasteiger partial charge in [-0.25, -0.2) is 0 Å². The average Bonchev–Trinajstić information content (AvgIpc) is 2.60. The van der Waals surface area contributed by atoms with E-state index in [1.165, 1.54) is 44.9 Å². The molecular weight excluding hydrogens is 348 g/mol. The number of halogens is 1. The molecule has 1 saturated carbocycles. The van der Waals surface area contributed by atoms with E-state index in [1.807, 2.05) is 13.0 Å². The molecule has 1 fully saturated rings. The highest BCUT2D eigenvalue weighted by atomic mass is 35.5. The highest BCUT2D eigenvalue weighted by molar-refractivity contribution is 6.40. The zero-order valence-corrected chi connectivity index (χ0v) is 16.5. The normalized spacial score (nSPS) is 17.6. The number of carbonyl (C=O) groups excluding carboxylic acids is 2. The smallest absolute Gasteiger partial charge is 0.313 e. The molecule has 144 valence electrons. The molecule has 0 aliphatic heterocycles. The molecule has 26 heavy (non-hydrogen) atoms. The molecule has 1 aliphatic rings. The summed E-state index contributed by atoms with van der Waals surface area (Å²) in [5.41, 5.74) is 1.47. The quantitative estimate of drug-likeness (QED) is 0.679. The van der Waals surface area contributed by atoms with Crippen molar-refractivity contribution >= 4 is 29.1 Å². The van der Waals surface area contributed by atoms with Gasteiger partial charge in [-0.3, -0.25) is 9.59 Å². The highest BCUT2D eigenvalue weighted by Crippen LogP contribution is 2.20. The van der Waals surface area contributed by atoms with E-state index in [0.717, 1.165) is 31.2 Å². The van der Waals surface area contributed by atoms with Gasteiger partial charge >= 0.3 is 11.8 Å². The Morgan fingerprint density at radius 2 is 1.42 bits per heavy atom. The summed E-state index contributed by atoms with van der Waals surface area (Å²) in [4.78, 5) is 24.5. The first-order chi connectivity index (χ1) is 12.6.